The highest BCUT2D eigenvalue weighted by Gasteiger charge is 2.26. The molecule has 2 N–H and O–H groups in total. The summed E-state index contributed by atoms with van der Waals surface area (Å²) in [6, 6.07) is 4.30. The Hall–Kier alpha value is -1.89. The molecular weight excluding hydrogens is 282 g/mol. The minimum Gasteiger partial charge on any atom is -0.433 e. The molecule has 1 aromatic carbocycles. The third kappa shape index (κ3) is 3.81. The molecule has 2 amide bonds. The zero-order valence-corrected chi connectivity index (χ0v) is 11.7. The molecule has 1 unspecified atom stereocenters. The van der Waals surface area contributed by atoms with Crippen LogP contribution < -0.4 is 10.1 Å². The molecule has 0 aromatic heterocycles. The molecule has 2 rings (SSSR count). The van der Waals surface area contributed by atoms with Crippen LogP contribution >= 0.6 is 0 Å². The molecule has 7 heteroatoms. The predicted octanol–water partition coefficient (Wildman–Crippen LogP) is 2.44. The van der Waals surface area contributed by atoms with E-state index in [0.717, 1.165) is 6.42 Å². The largest absolute Gasteiger partial charge is 0.433 e. The zero-order chi connectivity index (χ0) is 15.4. The second-order valence-electron chi connectivity index (χ2n) is 5.04. The Labute approximate surface area is 121 Å². The lowest BCUT2D eigenvalue weighted by Gasteiger charge is -2.20. The molecule has 116 valence electrons. The number of carbonyl (C=O) groups is 1. The van der Waals surface area contributed by atoms with Gasteiger partial charge >= 0.3 is 12.6 Å². The van der Waals surface area contributed by atoms with Gasteiger partial charge in [-0.05, 0) is 25.0 Å². The Balaban J connectivity index is 2.10. The monoisotopic (exact) mass is 300 g/mol. The quantitative estimate of drug-likeness (QED) is 0.898. The SMILES string of the molecule is Cc1cccc(OC(F)F)c1NC(=O)N1CCC(CO)C1. The fourth-order valence-corrected chi connectivity index (χ4v) is 2.35. The lowest BCUT2D eigenvalue weighted by molar-refractivity contribution is -0.0493. The summed E-state index contributed by atoms with van der Waals surface area (Å²) in [6.07, 6.45) is 0.734. The molecule has 0 saturated carbocycles. The minimum absolute atomic E-state index is 0.0356. The lowest BCUT2D eigenvalue weighted by atomic mass is 10.1. The molecule has 0 radical (unpaired) electrons. The highest BCUT2D eigenvalue weighted by Crippen LogP contribution is 2.30. The number of amides is 2. The van der Waals surface area contributed by atoms with Gasteiger partial charge in [-0.1, -0.05) is 12.1 Å². The molecule has 1 aliphatic heterocycles. The Morgan fingerprint density at radius 3 is 2.95 bits per heavy atom. The van der Waals surface area contributed by atoms with Gasteiger partial charge in [0.15, 0.2) is 0 Å². The molecule has 5 nitrogen and oxygen atoms in total. The lowest BCUT2D eigenvalue weighted by Crippen LogP contribution is -2.33. The average molecular weight is 300 g/mol. The van der Waals surface area contributed by atoms with E-state index in [1.54, 1.807) is 24.0 Å². The summed E-state index contributed by atoms with van der Waals surface area (Å²) in [5, 5.41) is 11.7. The van der Waals surface area contributed by atoms with E-state index in [1.807, 2.05) is 0 Å². The summed E-state index contributed by atoms with van der Waals surface area (Å²) in [5.41, 5.74) is 0.884. The molecule has 1 heterocycles. The zero-order valence-electron chi connectivity index (χ0n) is 11.7. The van der Waals surface area contributed by atoms with Gasteiger partial charge in [0.2, 0.25) is 0 Å². The van der Waals surface area contributed by atoms with Crippen LogP contribution in [0.5, 0.6) is 5.75 Å². The fourth-order valence-electron chi connectivity index (χ4n) is 2.35. The van der Waals surface area contributed by atoms with Gasteiger partial charge in [0.25, 0.3) is 0 Å². The molecule has 1 fully saturated rings. The molecule has 0 spiro atoms. The van der Waals surface area contributed by atoms with E-state index in [9.17, 15) is 13.6 Å². The maximum absolute atomic E-state index is 12.4. The molecule has 0 bridgehead atoms. The summed E-state index contributed by atoms with van der Waals surface area (Å²) >= 11 is 0. The average Bonchev–Trinajstić information content (AvgIpc) is 2.91. The third-order valence-electron chi connectivity index (χ3n) is 3.51. The number of nitrogens with zero attached hydrogens (tertiary/aromatic N) is 1. The number of urea groups is 1. The molecule has 1 saturated heterocycles. The van der Waals surface area contributed by atoms with Gasteiger partial charge in [-0.3, -0.25) is 0 Å². The van der Waals surface area contributed by atoms with Crippen molar-refractivity contribution in [2.45, 2.75) is 20.0 Å². The van der Waals surface area contributed by atoms with Gasteiger partial charge in [-0.15, -0.1) is 0 Å². The maximum atomic E-state index is 12.4. The van der Waals surface area contributed by atoms with Crippen LogP contribution in [0.1, 0.15) is 12.0 Å². The predicted molar refractivity (Wildman–Crippen MR) is 73.6 cm³/mol. The van der Waals surface area contributed by atoms with Gasteiger partial charge in [0.05, 0.1) is 5.69 Å². The summed E-state index contributed by atoms with van der Waals surface area (Å²) < 4.78 is 29.2. The first-order valence-electron chi connectivity index (χ1n) is 6.72. The third-order valence-corrected chi connectivity index (χ3v) is 3.51. The van der Waals surface area contributed by atoms with Crippen molar-refractivity contribution >= 4 is 11.7 Å². The minimum atomic E-state index is -2.95. The smallest absolute Gasteiger partial charge is 0.387 e. The summed E-state index contributed by atoms with van der Waals surface area (Å²) in [5.74, 6) is 0.0145. The van der Waals surface area contributed by atoms with Crippen molar-refractivity contribution in [1.29, 1.82) is 0 Å². The van der Waals surface area contributed by atoms with Crippen molar-refractivity contribution in [3.63, 3.8) is 0 Å². The summed E-state index contributed by atoms with van der Waals surface area (Å²) in [4.78, 5) is 13.7. The number of carbonyl (C=O) groups excluding carboxylic acids is 1. The molecule has 0 aliphatic carbocycles. The first-order valence-corrected chi connectivity index (χ1v) is 6.72. The van der Waals surface area contributed by atoms with Crippen LogP contribution in [0.15, 0.2) is 18.2 Å². The van der Waals surface area contributed by atoms with E-state index in [1.165, 1.54) is 6.07 Å². The van der Waals surface area contributed by atoms with E-state index >= 15 is 0 Å². The standard InChI is InChI=1S/C14H18F2N2O3/c1-9-3-2-4-11(21-13(15)16)12(9)17-14(20)18-6-5-10(7-18)8-19/h2-4,10,13,19H,5-8H2,1H3,(H,17,20). The van der Waals surface area contributed by atoms with Crippen molar-refractivity contribution < 1.29 is 23.4 Å². The Bertz CT molecular complexity index is 511. The van der Waals surface area contributed by atoms with E-state index < -0.39 is 6.61 Å². The van der Waals surface area contributed by atoms with Crippen molar-refractivity contribution in [2.24, 2.45) is 5.92 Å². The number of rotatable bonds is 4. The second kappa shape index (κ2) is 6.71. The van der Waals surface area contributed by atoms with Crippen LogP contribution in [0, 0.1) is 12.8 Å². The number of nitrogens with one attached hydrogen (secondary N) is 1. The normalized spacial score (nSPS) is 18.1. The van der Waals surface area contributed by atoms with Crippen LogP contribution in [0.4, 0.5) is 19.3 Å². The van der Waals surface area contributed by atoms with Gasteiger partial charge in [0, 0.05) is 25.6 Å². The summed E-state index contributed by atoms with van der Waals surface area (Å²) in [7, 11) is 0. The number of anilines is 1. The first kappa shape index (κ1) is 15.5. The number of hydrogen-bond acceptors (Lipinski definition) is 3. The number of aliphatic hydroxyl groups excluding tert-OH is 1. The molecule has 1 aromatic rings. The van der Waals surface area contributed by atoms with E-state index in [4.69, 9.17) is 5.11 Å². The Kier molecular flexibility index (Phi) is 4.95. The molecule has 1 atom stereocenters. The number of likely N-dealkylation sites (tertiary alicyclic amines) is 1. The molecule has 21 heavy (non-hydrogen) atoms. The van der Waals surface area contributed by atoms with Crippen LogP contribution in [0.3, 0.4) is 0 Å². The Morgan fingerprint density at radius 1 is 1.57 bits per heavy atom. The van der Waals surface area contributed by atoms with Gasteiger partial charge in [0.1, 0.15) is 5.75 Å². The van der Waals surface area contributed by atoms with Crippen molar-refractivity contribution in [2.75, 3.05) is 25.0 Å². The number of hydrogen-bond donors (Lipinski definition) is 2. The Morgan fingerprint density at radius 2 is 2.33 bits per heavy atom. The highest BCUT2D eigenvalue weighted by molar-refractivity contribution is 5.92. The topological polar surface area (TPSA) is 61.8 Å². The van der Waals surface area contributed by atoms with Crippen molar-refractivity contribution in [3.05, 3.63) is 23.8 Å². The first-order chi connectivity index (χ1) is 10.0. The number of aliphatic hydroxyl groups is 1. The van der Waals surface area contributed by atoms with Gasteiger partial charge < -0.3 is 20.1 Å². The second-order valence-corrected chi connectivity index (χ2v) is 5.04. The van der Waals surface area contributed by atoms with Crippen LogP contribution in [0.25, 0.3) is 0 Å². The van der Waals surface area contributed by atoms with Crippen molar-refractivity contribution in [1.82, 2.24) is 4.90 Å². The van der Waals surface area contributed by atoms with E-state index in [0.29, 0.717) is 18.7 Å². The van der Waals surface area contributed by atoms with Crippen LogP contribution in [0.2, 0.25) is 0 Å². The molecule has 1 aliphatic rings. The van der Waals surface area contributed by atoms with E-state index in [-0.39, 0.29) is 30.0 Å². The fraction of sp³-hybridized carbons (Fsp3) is 0.500. The maximum Gasteiger partial charge on any atom is 0.387 e. The number of halogens is 2. The molecular formula is C14H18F2N2O3. The van der Waals surface area contributed by atoms with Crippen LogP contribution in [-0.4, -0.2) is 42.3 Å². The number of benzene rings is 1. The van der Waals surface area contributed by atoms with Gasteiger partial charge in [-0.2, -0.15) is 8.78 Å². The number of alkyl halides is 2. The number of aryl methyl sites for hydroxylation is 1. The van der Waals surface area contributed by atoms with Gasteiger partial charge in [-0.25, -0.2) is 4.79 Å². The van der Waals surface area contributed by atoms with E-state index in [2.05, 4.69) is 10.1 Å². The van der Waals surface area contributed by atoms with Crippen LogP contribution in [-0.2, 0) is 0 Å². The summed E-state index contributed by atoms with van der Waals surface area (Å²) in [6.45, 7) is -0.219. The number of ether oxygens (including phenoxy) is 1. The number of para-hydroxylation sites is 1. The highest BCUT2D eigenvalue weighted by atomic mass is 19.3. The van der Waals surface area contributed by atoms with Crippen molar-refractivity contribution in [3.8, 4) is 5.75 Å².